The zero-order valence-electron chi connectivity index (χ0n) is 18.4. The summed E-state index contributed by atoms with van der Waals surface area (Å²) < 4.78 is 0.598. The lowest BCUT2D eigenvalue weighted by atomic mass is 9.56. The second kappa shape index (κ2) is 5.05. The van der Waals surface area contributed by atoms with Crippen molar-refractivity contribution in [1.29, 1.82) is 0 Å². The molecule has 0 nitrogen and oxygen atoms in total. The Balaban J connectivity index is 1.71. The predicted octanol–water partition coefficient (Wildman–Crippen LogP) is 9.05. The summed E-state index contributed by atoms with van der Waals surface area (Å²) in [6.45, 7) is 15.9. The zero-order chi connectivity index (χ0) is 19.1. The van der Waals surface area contributed by atoms with E-state index in [4.69, 9.17) is 0 Å². The third-order valence-electron chi connectivity index (χ3n) is 9.44. The van der Waals surface area contributed by atoms with Gasteiger partial charge in [-0.05, 0) is 69.7 Å². The first-order valence-electron chi connectivity index (χ1n) is 11.7. The van der Waals surface area contributed by atoms with Crippen LogP contribution in [-0.2, 0) is 0 Å². The van der Waals surface area contributed by atoms with Crippen LogP contribution in [0.1, 0.15) is 106 Å². The molecule has 5 fully saturated rings. The highest BCUT2D eigenvalue weighted by molar-refractivity contribution is 8.66. The van der Waals surface area contributed by atoms with E-state index < -0.39 is 0 Å². The Morgan fingerprint density at radius 3 is 2.15 bits per heavy atom. The monoisotopic (exact) mass is 420 g/mol. The van der Waals surface area contributed by atoms with Crippen LogP contribution in [0, 0.1) is 16.2 Å². The van der Waals surface area contributed by atoms with Crippen molar-refractivity contribution in [2.75, 3.05) is 0 Å². The first-order chi connectivity index (χ1) is 12.6. The van der Waals surface area contributed by atoms with Gasteiger partial charge in [0.1, 0.15) is 0 Å². The van der Waals surface area contributed by atoms with Gasteiger partial charge in [0.25, 0.3) is 0 Å². The fourth-order valence-electron chi connectivity index (χ4n) is 9.16. The molecule has 5 aliphatic heterocycles. The zero-order valence-corrected chi connectivity index (χ0v) is 21.0. The predicted molar refractivity (Wildman–Crippen MR) is 124 cm³/mol. The summed E-state index contributed by atoms with van der Waals surface area (Å²) in [4.78, 5) is 0.732. The van der Waals surface area contributed by atoms with Crippen LogP contribution in [0.3, 0.4) is 0 Å². The van der Waals surface area contributed by atoms with Crippen LogP contribution in [0.2, 0.25) is 0 Å². The van der Waals surface area contributed by atoms with E-state index in [1.807, 2.05) is 0 Å². The molecule has 7 aliphatic rings. The molecule has 0 amide bonds. The molecule has 0 N–H and O–H groups in total. The lowest BCUT2D eigenvalue weighted by Gasteiger charge is -2.51. The van der Waals surface area contributed by atoms with Crippen LogP contribution in [0.4, 0.5) is 0 Å². The van der Waals surface area contributed by atoms with Gasteiger partial charge in [0.2, 0.25) is 0 Å². The van der Waals surface area contributed by atoms with E-state index in [-0.39, 0.29) is 15.0 Å². The summed E-state index contributed by atoms with van der Waals surface area (Å²) in [7, 11) is 0.195. The second-order valence-corrected chi connectivity index (χ2v) is 20.0. The molecule has 0 radical (unpaired) electrons. The lowest BCUT2D eigenvalue weighted by Crippen LogP contribution is -2.52. The number of rotatable bonds is 0. The molecule has 2 aliphatic carbocycles. The molecule has 7 rings (SSSR count). The molecule has 6 atom stereocenters. The fraction of sp³-hybridized carbons (Fsp3) is 0.917. The van der Waals surface area contributed by atoms with Gasteiger partial charge in [-0.1, -0.05) is 72.8 Å². The first kappa shape index (κ1) is 18.7. The van der Waals surface area contributed by atoms with Gasteiger partial charge in [-0.2, -0.15) is 0 Å². The Morgan fingerprint density at radius 1 is 0.778 bits per heavy atom. The number of hydrogen-bond donors (Lipinski definition) is 0. The van der Waals surface area contributed by atoms with Gasteiger partial charge in [0.05, 0.1) is 4.49 Å². The van der Waals surface area contributed by atoms with E-state index in [2.05, 4.69) is 63.8 Å². The molecule has 27 heavy (non-hydrogen) atoms. The van der Waals surface area contributed by atoms with Gasteiger partial charge in [-0.25, -0.2) is 0 Å². The molecule has 5 heterocycles. The van der Waals surface area contributed by atoms with E-state index in [0.29, 0.717) is 20.7 Å². The van der Waals surface area contributed by atoms with Gasteiger partial charge in [0.15, 0.2) is 0 Å². The van der Waals surface area contributed by atoms with E-state index >= 15 is 0 Å². The van der Waals surface area contributed by atoms with Gasteiger partial charge < -0.3 is 0 Å². The molecule has 2 spiro atoms. The van der Waals surface area contributed by atoms with Crippen LogP contribution < -0.4 is 0 Å². The highest BCUT2D eigenvalue weighted by atomic mass is 32.7. The van der Waals surface area contributed by atoms with E-state index in [1.54, 1.807) is 12.8 Å². The van der Waals surface area contributed by atoms with Gasteiger partial charge in [0, 0.05) is 15.5 Å². The summed E-state index contributed by atoms with van der Waals surface area (Å²) in [5, 5.41) is 2.86. The van der Waals surface area contributed by atoms with Crippen molar-refractivity contribution >= 4 is 26.4 Å². The quantitative estimate of drug-likeness (QED) is 0.352. The molecule has 0 aromatic rings. The standard InChI is InChI=1S/C24H38P2S/c1-19(2,3)23-22-16-12-8-11-15-21(22)17-13-9-7-10-14-18(17)25(23)24(21,20(4,5)6)27-26(22)23/h7-16H2,1-6H3/t21?,22-,23-,24-,25?,26?/m1/s1. The molecule has 3 unspecified atom stereocenters. The average molecular weight is 421 g/mol. The van der Waals surface area contributed by atoms with E-state index in [9.17, 15) is 0 Å². The minimum absolute atomic E-state index is 0.0286. The van der Waals surface area contributed by atoms with Crippen LogP contribution in [0.5, 0.6) is 0 Å². The van der Waals surface area contributed by atoms with Crippen molar-refractivity contribution in [3.05, 3.63) is 10.9 Å². The normalized spacial score (nSPS) is 53.1. The molecule has 3 heteroatoms. The van der Waals surface area contributed by atoms with Gasteiger partial charge >= 0.3 is 0 Å². The number of allylic oxidation sites excluding steroid dienone is 2. The molecule has 150 valence electrons. The van der Waals surface area contributed by atoms with Crippen molar-refractivity contribution in [2.24, 2.45) is 16.2 Å². The maximum absolute atomic E-state index is 2.66. The molecular formula is C24H38P2S. The molecule has 6 bridgehead atoms. The molecule has 4 saturated heterocycles. The van der Waals surface area contributed by atoms with Gasteiger partial charge in [-0.3, -0.25) is 0 Å². The van der Waals surface area contributed by atoms with Crippen molar-refractivity contribution in [3.63, 3.8) is 0 Å². The van der Waals surface area contributed by atoms with Crippen molar-refractivity contribution in [2.45, 2.75) is 120 Å². The lowest BCUT2D eigenvalue weighted by molar-refractivity contribution is 0.148. The van der Waals surface area contributed by atoms with Crippen molar-refractivity contribution in [1.82, 2.24) is 0 Å². The average Bonchev–Trinajstić information content (AvgIpc) is 2.91. The molecule has 0 aromatic heterocycles. The third kappa shape index (κ3) is 1.52. The third-order valence-corrected chi connectivity index (χ3v) is 24.5. The Bertz CT molecular complexity index is 757. The topological polar surface area (TPSA) is 0 Å². The highest BCUT2D eigenvalue weighted by Crippen LogP contribution is 3.25. The maximum Gasteiger partial charge on any atom is 0.0596 e. The Morgan fingerprint density at radius 2 is 1.44 bits per heavy atom. The van der Waals surface area contributed by atoms with Crippen LogP contribution in [0.15, 0.2) is 10.9 Å². The SMILES string of the molecule is CC(C)(C)[C@]12SP3[C@@]4(C(C)(C)C)P1C1=C(CCCCC1)C21CCCCC[C@@]314. The van der Waals surface area contributed by atoms with E-state index in [1.165, 1.54) is 51.4 Å². The first-order valence-corrected chi connectivity index (χ1v) is 15.8. The summed E-state index contributed by atoms with van der Waals surface area (Å²) in [5.41, 5.74) is 3.68. The molecule has 1 saturated carbocycles. The highest BCUT2D eigenvalue weighted by Gasteiger charge is 3.06. The minimum atomic E-state index is 0.0286. The summed E-state index contributed by atoms with van der Waals surface area (Å²) >= 11 is 2.65. The fourth-order valence-corrected chi connectivity index (χ4v) is 31.0. The van der Waals surface area contributed by atoms with Crippen LogP contribution in [0.25, 0.3) is 0 Å². The molecule has 0 aromatic carbocycles. The number of hydrogen-bond acceptors (Lipinski definition) is 1. The minimum Gasteiger partial charge on any atom is -0.119 e. The summed E-state index contributed by atoms with van der Waals surface area (Å²) in [5.74, 6) is 0. The summed E-state index contributed by atoms with van der Waals surface area (Å²) in [6.07, 6.45) is 15.2. The summed E-state index contributed by atoms with van der Waals surface area (Å²) in [6, 6.07) is 0. The van der Waals surface area contributed by atoms with Crippen LogP contribution in [-0.4, -0.2) is 14.5 Å². The largest absolute Gasteiger partial charge is 0.119 e. The van der Waals surface area contributed by atoms with E-state index in [0.717, 1.165) is 10.1 Å². The molecular weight excluding hydrogens is 382 g/mol. The second-order valence-electron chi connectivity index (χ2n) is 12.3. The van der Waals surface area contributed by atoms with Gasteiger partial charge in [-0.15, -0.1) is 11.4 Å². The Labute approximate surface area is 173 Å². The smallest absolute Gasteiger partial charge is 0.0596 e. The van der Waals surface area contributed by atoms with Crippen LogP contribution >= 0.6 is 26.4 Å². The Hall–Kier alpha value is 0.950. The maximum atomic E-state index is 2.66. The van der Waals surface area contributed by atoms with Crippen molar-refractivity contribution in [3.8, 4) is 0 Å². The Kier molecular flexibility index (Phi) is 3.50. The van der Waals surface area contributed by atoms with Crippen molar-refractivity contribution < 1.29 is 0 Å².